The standard InChI is InChI=1S/C29H37N3O5/c1-22-4-2-13-30(22)14-3-17-34-25-8-5-23(6-9-25)31-15-11-29(12-16-31)20-32(28(33)19-37-29)24-7-10-26-27(18-24)36-21-35-26/h5-10,18,22H,2-4,11-17,19-21H2,1H3/t22-/m1/s1. The summed E-state index contributed by atoms with van der Waals surface area (Å²) in [6.07, 6.45) is 5.45. The van der Waals surface area contributed by atoms with Gasteiger partial charge in [0.15, 0.2) is 11.5 Å². The number of hydrogen-bond acceptors (Lipinski definition) is 7. The summed E-state index contributed by atoms with van der Waals surface area (Å²) in [6.45, 7) is 8.09. The molecule has 8 heteroatoms. The van der Waals surface area contributed by atoms with Crippen molar-refractivity contribution < 1.29 is 23.7 Å². The third-order valence-corrected chi connectivity index (χ3v) is 8.34. The number of rotatable bonds is 7. The van der Waals surface area contributed by atoms with Crippen molar-refractivity contribution in [3.05, 3.63) is 42.5 Å². The van der Waals surface area contributed by atoms with E-state index in [1.165, 1.54) is 25.1 Å². The van der Waals surface area contributed by atoms with Crippen LogP contribution in [0.4, 0.5) is 11.4 Å². The quantitative estimate of drug-likeness (QED) is 0.524. The first-order chi connectivity index (χ1) is 18.1. The van der Waals surface area contributed by atoms with Gasteiger partial charge < -0.3 is 33.6 Å². The fourth-order valence-corrected chi connectivity index (χ4v) is 6.01. The van der Waals surface area contributed by atoms with Crippen molar-refractivity contribution in [2.75, 3.05) is 62.5 Å². The second-order valence-corrected chi connectivity index (χ2v) is 10.7. The van der Waals surface area contributed by atoms with Crippen molar-refractivity contribution in [2.24, 2.45) is 0 Å². The highest BCUT2D eigenvalue weighted by Crippen LogP contribution is 2.39. The van der Waals surface area contributed by atoms with Crippen molar-refractivity contribution in [2.45, 2.75) is 50.7 Å². The lowest BCUT2D eigenvalue weighted by atomic mass is 9.88. The Hall–Kier alpha value is -2.97. The Kier molecular flexibility index (Phi) is 6.86. The minimum absolute atomic E-state index is 0.0162. The van der Waals surface area contributed by atoms with E-state index in [9.17, 15) is 4.79 Å². The summed E-state index contributed by atoms with van der Waals surface area (Å²) >= 11 is 0. The van der Waals surface area contributed by atoms with Gasteiger partial charge in [0.1, 0.15) is 12.4 Å². The van der Waals surface area contributed by atoms with Crippen LogP contribution in [0.25, 0.3) is 0 Å². The van der Waals surface area contributed by atoms with Crippen molar-refractivity contribution in [1.82, 2.24) is 4.90 Å². The van der Waals surface area contributed by atoms with Crippen LogP contribution in [0.1, 0.15) is 39.0 Å². The first-order valence-corrected chi connectivity index (χ1v) is 13.6. The Morgan fingerprint density at radius 1 is 1.00 bits per heavy atom. The van der Waals surface area contributed by atoms with E-state index in [1.807, 2.05) is 23.1 Å². The van der Waals surface area contributed by atoms with Gasteiger partial charge in [0.2, 0.25) is 6.79 Å². The van der Waals surface area contributed by atoms with Crippen molar-refractivity contribution in [3.8, 4) is 17.2 Å². The lowest BCUT2D eigenvalue weighted by molar-refractivity contribution is -0.141. The summed E-state index contributed by atoms with van der Waals surface area (Å²) in [7, 11) is 0. The van der Waals surface area contributed by atoms with Crippen molar-refractivity contribution >= 4 is 17.3 Å². The Balaban J connectivity index is 1.01. The Bertz CT molecular complexity index is 1100. The highest BCUT2D eigenvalue weighted by molar-refractivity contribution is 5.95. The van der Waals surface area contributed by atoms with Crippen LogP contribution in [0.2, 0.25) is 0 Å². The number of ether oxygens (including phenoxy) is 4. The second kappa shape index (κ2) is 10.4. The van der Waals surface area contributed by atoms with Crippen LogP contribution < -0.4 is 24.0 Å². The van der Waals surface area contributed by atoms with Gasteiger partial charge in [-0.2, -0.15) is 0 Å². The maximum Gasteiger partial charge on any atom is 0.253 e. The zero-order chi connectivity index (χ0) is 25.2. The summed E-state index contributed by atoms with van der Waals surface area (Å²) in [5.74, 6) is 2.33. The normalized spacial score (nSPS) is 23.2. The van der Waals surface area contributed by atoms with E-state index < -0.39 is 0 Å². The zero-order valence-corrected chi connectivity index (χ0v) is 21.7. The lowest BCUT2D eigenvalue weighted by Crippen LogP contribution is -2.59. The van der Waals surface area contributed by atoms with Crippen LogP contribution in [0, 0.1) is 0 Å². The molecule has 0 N–H and O–H groups in total. The minimum Gasteiger partial charge on any atom is -0.494 e. The van der Waals surface area contributed by atoms with Crippen molar-refractivity contribution in [3.63, 3.8) is 0 Å². The Morgan fingerprint density at radius 3 is 2.57 bits per heavy atom. The third kappa shape index (κ3) is 5.22. The van der Waals surface area contributed by atoms with Gasteiger partial charge in [0.25, 0.3) is 5.91 Å². The number of piperidine rings is 1. The topological polar surface area (TPSA) is 63.7 Å². The molecule has 2 aromatic rings. The van der Waals surface area contributed by atoms with Crippen LogP contribution >= 0.6 is 0 Å². The summed E-state index contributed by atoms with van der Waals surface area (Å²) in [5, 5.41) is 0. The number of benzene rings is 2. The fourth-order valence-electron chi connectivity index (χ4n) is 6.01. The summed E-state index contributed by atoms with van der Waals surface area (Å²) in [4.78, 5) is 19.5. The first-order valence-electron chi connectivity index (χ1n) is 13.6. The van der Waals surface area contributed by atoms with Gasteiger partial charge in [0.05, 0.1) is 18.8 Å². The molecule has 1 amide bonds. The smallest absolute Gasteiger partial charge is 0.253 e. The monoisotopic (exact) mass is 507 g/mol. The fraction of sp³-hybridized carbons (Fsp3) is 0.552. The highest BCUT2D eigenvalue weighted by Gasteiger charge is 2.43. The molecule has 0 aliphatic carbocycles. The molecule has 0 saturated carbocycles. The van der Waals surface area contributed by atoms with Gasteiger partial charge >= 0.3 is 0 Å². The molecule has 0 unspecified atom stereocenters. The number of anilines is 2. The predicted octanol–water partition coefficient (Wildman–Crippen LogP) is 4.07. The average Bonchev–Trinajstić information content (AvgIpc) is 3.57. The minimum atomic E-state index is -0.323. The Labute approximate surface area is 219 Å². The largest absolute Gasteiger partial charge is 0.494 e. The number of nitrogens with zero attached hydrogens (tertiary/aromatic N) is 3. The number of likely N-dealkylation sites (tertiary alicyclic amines) is 1. The molecule has 4 aliphatic rings. The zero-order valence-electron chi connectivity index (χ0n) is 21.7. The van der Waals surface area contributed by atoms with E-state index >= 15 is 0 Å². The number of hydrogen-bond donors (Lipinski definition) is 0. The number of morpholine rings is 1. The first kappa shape index (κ1) is 24.4. The van der Waals surface area contributed by atoms with E-state index in [0.29, 0.717) is 18.3 Å². The molecule has 6 rings (SSSR count). The number of fused-ring (bicyclic) bond motifs is 1. The van der Waals surface area contributed by atoms with E-state index in [0.717, 1.165) is 62.7 Å². The molecule has 1 spiro atoms. The maximum absolute atomic E-state index is 12.7. The Morgan fingerprint density at radius 2 is 1.78 bits per heavy atom. The van der Waals surface area contributed by atoms with Gasteiger partial charge in [0, 0.05) is 43.1 Å². The molecule has 4 heterocycles. The number of carbonyl (C=O) groups is 1. The molecule has 8 nitrogen and oxygen atoms in total. The van der Waals surface area contributed by atoms with E-state index in [2.05, 4.69) is 41.0 Å². The van der Waals surface area contributed by atoms with Gasteiger partial charge in [-0.1, -0.05) is 0 Å². The summed E-state index contributed by atoms with van der Waals surface area (Å²) < 4.78 is 23.1. The SMILES string of the molecule is C[C@@H]1CCCN1CCCOc1ccc(N2CCC3(CC2)CN(c2ccc4c(c2)OCO4)C(=O)CO3)cc1. The van der Waals surface area contributed by atoms with Crippen LogP contribution in [0.5, 0.6) is 17.2 Å². The van der Waals surface area contributed by atoms with Crippen LogP contribution in [0.3, 0.4) is 0 Å². The molecular weight excluding hydrogens is 470 g/mol. The molecule has 2 aromatic carbocycles. The molecule has 4 aliphatic heterocycles. The third-order valence-electron chi connectivity index (χ3n) is 8.34. The van der Waals surface area contributed by atoms with E-state index in [4.69, 9.17) is 18.9 Å². The van der Waals surface area contributed by atoms with Crippen LogP contribution in [-0.4, -0.2) is 75.2 Å². The molecule has 0 aromatic heterocycles. The summed E-state index contributed by atoms with van der Waals surface area (Å²) in [6, 6.07) is 14.9. The number of amides is 1. The van der Waals surface area contributed by atoms with Gasteiger partial charge in [-0.3, -0.25) is 4.79 Å². The molecule has 0 bridgehead atoms. The maximum atomic E-state index is 12.7. The highest BCUT2D eigenvalue weighted by atomic mass is 16.7. The van der Waals surface area contributed by atoms with Gasteiger partial charge in [-0.25, -0.2) is 0 Å². The molecule has 3 saturated heterocycles. The average molecular weight is 508 g/mol. The molecule has 37 heavy (non-hydrogen) atoms. The second-order valence-electron chi connectivity index (χ2n) is 10.7. The lowest BCUT2D eigenvalue weighted by Gasteiger charge is -2.47. The predicted molar refractivity (Wildman–Crippen MR) is 142 cm³/mol. The van der Waals surface area contributed by atoms with E-state index in [1.54, 1.807) is 0 Å². The summed E-state index contributed by atoms with van der Waals surface area (Å²) in [5.41, 5.74) is 1.72. The van der Waals surface area contributed by atoms with Crippen LogP contribution in [0.15, 0.2) is 42.5 Å². The molecule has 0 radical (unpaired) electrons. The molecule has 3 fully saturated rings. The van der Waals surface area contributed by atoms with E-state index in [-0.39, 0.29) is 24.9 Å². The molecule has 1 atom stereocenters. The molecule has 198 valence electrons. The number of carbonyl (C=O) groups excluding carboxylic acids is 1. The van der Waals surface area contributed by atoms with Crippen LogP contribution in [-0.2, 0) is 9.53 Å². The van der Waals surface area contributed by atoms with Gasteiger partial charge in [-0.05, 0) is 82.0 Å². The van der Waals surface area contributed by atoms with Crippen molar-refractivity contribution in [1.29, 1.82) is 0 Å². The molecular formula is C29H37N3O5. The van der Waals surface area contributed by atoms with Gasteiger partial charge in [-0.15, -0.1) is 0 Å².